The molecule has 4 aromatic carbocycles. The van der Waals surface area contributed by atoms with E-state index in [-0.39, 0.29) is 0 Å². The van der Waals surface area contributed by atoms with Crippen LogP contribution in [0.5, 0.6) is 0 Å². The summed E-state index contributed by atoms with van der Waals surface area (Å²) in [6.45, 7) is 1.92. The second kappa shape index (κ2) is 8.73. The Bertz CT molecular complexity index is 1880. The molecule has 0 N–H and O–H groups in total. The van der Waals surface area contributed by atoms with Gasteiger partial charge in [0, 0.05) is 45.9 Å². The molecule has 1 fully saturated rings. The maximum absolute atomic E-state index is 10.5. The van der Waals surface area contributed by atoms with Gasteiger partial charge >= 0.3 is 0 Å². The molecule has 0 unspecified atom stereocenters. The van der Waals surface area contributed by atoms with Crippen molar-refractivity contribution in [3.63, 3.8) is 0 Å². The fraction of sp³-hybridized carbons (Fsp3) is 0.156. The molecule has 178 valence electrons. The van der Waals surface area contributed by atoms with E-state index in [2.05, 4.69) is 70.6 Å². The van der Waals surface area contributed by atoms with E-state index >= 15 is 0 Å². The summed E-state index contributed by atoms with van der Waals surface area (Å²) >= 11 is 6.23. The molecule has 0 aliphatic carbocycles. The first kappa shape index (κ1) is 22.0. The molecule has 7 rings (SSSR count). The van der Waals surface area contributed by atoms with Crippen LogP contribution in [0.15, 0.2) is 79.0 Å². The van der Waals surface area contributed by atoms with Gasteiger partial charge in [-0.25, -0.2) is 4.98 Å². The minimum absolute atomic E-state index is 0.708. The standard InChI is InChI=1S/C32H23ClN4/c33-23-10-8-20(9-11-23)25-18-29(37-15-2-1-3-16-37)27(19-34)30-24(25)12-13-28-26(30)17-22-7-6-21-5-4-14-35-31(21)32(22)36-28/h4-14,17-18H,1-3,15-16H2. The van der Waals surface area contributed by atoms with Crippen molar-refractivity contribution in [3.05, 3.63) is 89.6 Å². The molecule has 0 saturated carbocycles. The molecule has 0 bridgehead atoms. The van der Waals surface area contributed by atoms with Crippen LogP contribution in [0.3, 0.4) is 0 Å². The van der Waals surface area contributed by atoms with Crippen molar-refractivity contribution in [2.75, 3.05) is 18.0 Å². The van der Waals surface area contributed by atoms with E-state index < -0.39 is 0 Å². The molecule has 5 heteroatoms. The van der Waals surface area contributed by atoms with Crippen LogP contribution in [0.2, 0.25) is 5.02 Å². The Morgan fingerprint density at radius 3 is 2.43 bits per heavy atom. The normalized spacial score (nSPS) is 14.0. The van der Waals surface area contributed by atoms with Gasteiger partial charge in [-0.3, -0.25) is 4.98 Å². The number of hydrogen-bond acceptors (Lipinski definition) is 4. The second-order valence-electron chi connectivity index (χ2n) is 9.74. The van der Waals surface area contributed by atoms with Gasteiger partial charge in [-0.1, -0.05) is 48.0 Å². The van der Waals surface area contributed by atoms with Crippen molar-refractivity contribution in [1.82, 2.24) is 9.97 Å². The zero-order valence-corrected chi connectivity index (χ0v) is 21.0. The Hall–Kier alpha value is -4.20. The van der Waals surface area contributed by atoms with E-state index in [1.807, 2.05) is 24.4 Å². The average Bonchev–Trinajstić information content (AvgIpc) is 2.96. The number of rotatable bonds is 2. The van der Waals surface area contributed by atoms with E-state index in [0.717, 1.165) is 91.8 Å². The molecule has 0 spiro atoms. The molecule has 1 aliphatic heterocycles. The molecule has 2 aromatic heterocycles. The van der Waals surface area contributed by atoms with Crippen LogP contribution in [-0.2, 0) is 0 Å². The molecule has 6 aromatic rings. The van der Waals surface area contributed by atoms with Crippen LogP contribution >= 0.6 is 11.6 Å². The summed E-state index contributed by atoms with van der Waals surface area (Å²) < 4.78 is 0. The van der Waals surface area contributed by atoms with Gasteiger partial charge in [0.1, 0.15) is 6.07 Å². The van der Waals surface area contributed by atoms with Crippen molar-refractivity contribution in [1.29, 1.82) is 5.26 Å². The largest absolute Gasteiger partial charge is 0.370 e. The fourth-order valence-corrected chi connectivity index (χ4v) is 5.91. The minimum Gasteiger partial charge on any atom is -0.370 e. The summed E-state index contributed by atoms with van der Waals surface area (Å²) in [7, 11) is 0. The lowest BCUT2D eigenvalue weighted by Crippen LogP contribution is -2.30. The number of piperidine rings is 1. The summed E-state index contributed by atoms with van der Waals surface area (Å²) in [4.78, 5) is 12.1. The Kier molecular flexibility index (Phi) is 5.20. The minimum atomic E-state index is 0.708. The highest BCUT2D eigenvalue weighted by Gasteiger charge is 2.22. The van der Waals surface area contributed by atoms with Crippen molar-refractivity contribution in [2.24, 2.45) is 0 Å². The number of fused-ring (bicyclic) bond motifs is 6. The molecule has 1 aliphatic rings. The quantitative estimate of drug-likeness (QED) is 0.178. The summed E-state index contributed by atoms with van der Waals surface area (Å²) in [5, 5.41) is 16.3. The molecule has 37 heavy (non-hydrogen) atoms. The van der Waals surface area contributed by atoms with Crippen molar-refractivity contribution in [2.45, 2.75) is 19.3 Å². The molecule has 0 amide bonds. The maximum Gasteiger partial charge on any atom is 0.102 e. The van der Waals surface area contributed by atoms with Crippen molar-refractivity contribution in [3.8, 4) is 17.2 Å². The molecular weight excluding hydrogens is 476 g/mol. The lowest BCUT2D eigenvalue weighted by molar-refractivity contribution is 0.578. The highest BCUT2D eigenvalue weighted by atomic mass is 35.5. The highest BCUT2D eigenvalue weighted by molar-refractivity contribution is 6.30. The molecule has 0 atom stereocenters. The Balaban J connectivity index is 1.61. The number of hydrogen-bond donors (Lipinski definition) is 0. The third-order valence-electron chi connectivity index (χ3n) is 7.57. The summed E-state index contributed by atoms with van der Waals surface area (Å²) in [5.41, 5.74) is 6.56. The van der Waals surface area contributed by atoms with E-state index in [4.69, 9.17) is 16.6 Å². The third-order valence-corrected chi connectivity index (χ3v) is 7.83. The fourth-order valence-electron chi connectivity index (χ4n) is 5.78. The Morgan fingerprint density at radius 2 is 1.62 bits per heavy atom. The smallest absolute Gasteiger partial charge is 0.102 e. The molecular formula is C32H23ClN4. The SMILES string of the molecule is N#Cc1c(N2CCCCC2)cc(-c2ccc(Cl)cc2)c2ccc3nc4c(ccc5cccnc54)cc3c12. The third kappa shape index (κ3) is 3.58. The van der Waals surface area contributed by atoms with E-state index in [9.17, 15) is 5.26 Å². The Labute approximate surface area is 219 Å². The van der Waals surface area contributed by atoms with Crippen LogP contribution in [0.25, 0.3) is 54.6 Å². The van der Waals surface area contributed by atoms with Gasteiger partial charge in [-0.2, -0.15) is 5.26 Å². The zero-order valence-electron chi connectivity index (χ0n) is 20.2. The first-order valence-corrected chi connectivity index (χ1v) is 13.1. The highest BCUT2D eigenvalue weighted by Crippen LogP contribution is 2.42. The molecule has 1 saturated heterocycles. The van der Waals surface area contributed by atoms with Crippen molar-refractivity contribution >= 4 is 60.8 Å². The number of pyridine rings is 2. The number of nitriles is 1. The second-order valence-corrected chi connectivity index (χ2v) is 10.2. The van der Waals surface area contributed by atoms with Gasteiger partial charge in [0.15, 0.2) is 0 Å². The predicted octanol–water partition coefficient (Wildman–Crippen LogP) is 8.27. The van der Waals surface area contributed by atoms with Gasteiger partial charge < -0.3 is 4.90 Å². The first-order chi connectivity index (χ1) is 18.2. The molecule has 0 radical (unpaired) electrons. The van der Waals surface area contributed by atoms with Crippen LogP contribution in [0.1, 0.15) is 24.8 Å². The van der Waals surface area contributed by atoms with E-state index in [1.165, 1.54) is 6.42 Å². The summed E-state index contributed by atoms with van der Waals surface area (Å²) in [6.07, 6.45) is 5.32. The lowest BCUT2D eigenvalue weighted by atomic mass is 9.90. The number of benzene rings is 4. The zero-order chi connectivity index (χ0) is 24.9. The maximum atomic E-state index is 10.5. The summed E-state index contributed by atoms with van der Waals surface area (Å²) in [6, 6.07) is 27.3. The van der Waals surface area contributed by atoms with Gasteiger partial charge in [0.05, 0.1) is 27.8 Å². The van der Waals surface area contributed by atoms with E-state index in [1.54, 1.807) is 0 Å². The van der Waals surface area contributed by atoms with Gasteiger partial charge in [-0.15, -0.1) is 0 Å². The number of halogens is 1. The van der Waals surface area contributed by atoms with Crippen LogP contribution in [0.4, 0.5) is 5.69 Å². The van der Waals surface area contributed by atoms with Gasteiger partial charge in [0.25, 0.3) is 0 Å². The lowest BCUT2D eigenvalue weighted by Gasteiger charge is -2.31. The number of aromatic nitrogens is 2. The topological polar surface area (TPSA) is 52.8 Å². The van der Waals surface area contributed by atoms with E-state index in [0.29, 0.717) is 5.02 Å². The average molecular weight is 499 g/mol. The monoisotopic (exact) mass is 498 g/mol. The van der Waals surface area contributed by atoms with Crippen molar-refractivity contribution < 1.29 is 0 Å². The van der Waals surface area contributed by atoms with Crippen LogP contribution in [-0.4, -0.2) is 23.1 Å². The predicted molar refractivity (Wildman–Crippen MR) is 153 cm³/mol. The molecule has 4 nitrogen and oxygen atoms in total. The summed E-state index contributed by atoms with van der Waals surface area (Å²) in [5.74, 6) is 0. The number of anilines is 1. The Morgan fingerprint density at radius 1 is 0.811 bits per heavy atom. The van der Waals surface area contributed by atoms with Crippen LogP contribution < -0.4 is 4.90 Å². The van der Waals surface area contributed by atoms with Gasteiger partial charge in [0.2, 0.25) is 0 Å². The number of nitrogens with zero attached hydrogens (tertiary/aromatic N) is 4. The molecule has 3 heterocycles. The van der Waals surface area contributed by atoms with Gasteiger partial charge in [-0.05, 0) is 72.2 Å². The van der Waals surface area contributed by atoms with Crippen LogP contribution in [0, 0.1) is 11.3 Å². The first-order valence-electron chi connectivity index (χ1n) is 12.7.